The first-order valence-electron chi connectivity index (χ1n) is 5.38. The summed E-state index contributed by atoms with van der Waals surface area (Å²) in [6.07, 6.45) is 6.33. The standard InChI is InChI=1S/C11H22O2/c1-10-5-3-6-11(12,9-10)7-4-8-13-2/h10,12H,3-9H2,1-2H3. The maximum atomic E-state index is 10.2. The highest BCUT2D eigenvalue weighted by Crippen LogP contribution is 2.35. The van der Waals surface area contributed by atoms with Crippen molar-refractivity contribution < 1.29 is 9.84 Å². The second-order valence-corrected chi connectivity index (χ2v) is 4.52. The molecule has 1 saturated carbocycles. The van der Waals surface area contributed by atoms with Crippen LogP contribution in [0.25, 0.3) is 0 Å². The molecule has 1 aliphatic carbocycles. The number of rotatable bonds is 4. The maximum absolute atomic E-state index is 10.2. The van der Waals surface area contributed by atoms with Gasteiger partial charge in [-0.25, -0.2) is 0 Å². The quantitative estimate of drug-likeness (QED) is 0.683. The van der Waals surface area contributed by atoms with E-state index in [1.807, 2.05) is 0 Å². The first kappa shape index (κ1) is 11.0. The van der Waals surface area contributed by atoms with Crippen LogP contribution in [-0.2, 0) is 4.74 Å². The van der Waals surface area contributed by atoms with Crippen molar-refractivity contribution in [3.8, 4) is 0 Å². The van der Waals surface area contributed by atoms with Crippen molar-refractivity contribution in [1.82, 2.24) is 0 Å². The van der Waals surface area contributed by atoms with Crippen molar-refractivity contribution in [2.75, 3.05) is 13.7 Å². The topological polar surface area (TPSA) is 29.5 Å². The number of aliphatic hydroxyl groups is 1. The number of ether oxygens (including phenoxy) is 1. The molecule has 0 bridgehead atoms. The Kier molecular flexibility index (Phi) is 4.20. The van der Waals surface area contributed by atoms with Gasteiger partial charge in [0.05, 0.1) is 5.60 Å². The molecule has 2 nitrogen and oxygen atoms in total. The van der Waals surface area contributed by atoms with Crippen molar-refractivity contribution in [1.29, 1.82) is 0 Å². The summed E-state index contributed by atoms with van der Waals surface area (Å²) in [6.45, 7) is 3.01. The molecule has 1 aliphatic rings. The highest BCUT2D eigenvalue weighted by molar-refractivity contribution is 4.84. The zero-order chi connectivity index (χ0) is 9.73. The second kappa shape index (κ2) is 4.97. The Bertz CT molecular complexity index is 147. The van der Waals surface area contributed by atoms with Crippen molar-refractivity contribution in [2.45, 2.75) is 51.0 Å². The van der Waals surface area contributed by atoms with Gasteiger partial charge in [-0.05, 0) is 31.6 Å². The van der Waals surface area contributed by atoms with Gasteiger partial charge < -0.3 is 9.84 Å². The Hall–Kier alpha value is -0.0800. The zero-order valence-corrected chi connectivity index (χ0v) is 8.88. The first-order chi connectivity index (χ1) is 6.16. The third-order valence-electron chi connectivity index (χ3n) is 3.06. The minimum absolute atomic E-state index is 0.379. The molecular weight excluding hydrogens is 164 g/mol. The minimum Gasteiger partial charge on any atom is -0.390 e. The minimum atomic E-state index is -0.379. The van der Waals surface area contributed by atoms with Gasteiger partial charge in [0.2, 0.25) is 0 Å². The Balaban J connectivity index is 2.27. The summed E-state index contributed by atoms with van der Waals surface area (Å²) in [4.78, 5) is 0. The van der Waals surface area contributed by atoms with Crippen molar-refractivity contribution in [3.05, 3.63) is 0 Å². The van der Waals surface area contributed by atoms with E-state index >= 15 is 0 Å². The Morgan fingerprint density at radius 3 is 2.92 bits per heavy atom. The molecule has 2 unspecified atom stereocenters. The lowest BCUT2D eigenvalue weighted by Gasteiger charge is -2.35. The summed E-state index contributed by atoms with van der Waals surface area (Å²) in [5.41, 5.74) is -0.379. The maximum Gasteiger partial charge on any atom is 0.0651 e. The molecule has 1 N–H and O–H groups in total. The average Bonchev–Trinajstić information content (AvgIpc) is 2.04. The Morgan fingerprint density at radius 2 is 2.31 bits per heavy atom. The lowest BCUT2D eigenvalue weighted by molar-refractivity contribution is -0.0256. The Labute approximate surface area is 81.3 Å². The SMILES string of the molecule is COCCCC1(O)CCCC(C)C1. The van der Waals surface area contributed by atoms with E-state index in [0.717, 1.165) is 32.3 Å². The van der Waals surface area contributed by atoms with Crippen molar-refractivity contribution >= 4 is 0 Å². The number of methoxy groups -OCH3 is 1. The van der Waals surface area contributed by atoms with E-state index in [1.165, 1.54) is 12.8 Å². The van der Waals surface area contributed by atoms with Gasteiger partial charge in [0.15, 0.2) is 0 Å². The molecule has 0 aliphatic heterocycles. The summed E-state index contributed by atoms with van der Waals surface area (Å²) < 4.78 is 4.99. The first-order valence-corrected chi connectivity index (χ1v) is 5.38. The molecule has 1 fully saturated rings. The van der Waals surface area contributed by atoms with E-state index in [1.54, 1.807) is 7.11 Å². The third-order valence-corrected chi connectivity index (χ3v) is 3.06. The van der Waals surface area contributed by atoms with Crippen LogP contribution >= 0.6 is 0 Å². The van der Waals surface area contributed by atoms with Crippen LogP contribution in [0.15, 0.2) is 0 Å². The van der Waals surface area contributed by atoms with Crippen molar-refractivity contribution in [2.24, 2.45) is 5.92 Å². The van der Waals surface area contributed by atoms with Crippen LogP contribution in [0, 0.1) is 5.92 Å². The molecule has 2 atom stereocenters. The van der Waals surface area contributed by atoms with Crippen LogP contribution in [-0.4, -0.2) is 24.4 Å². The molecule has 1 rings (SSSR count). The largest absolute Gasteiger partial charge is 0.390 e. The van der Waals surface area contributed by atoms with E-state index in [4.69, 9.17) is 4.74 Å². The van der Waals surface area contributed by atoms with Gasteiger partial charge in [-0.1, -0.05) is 19.8 Å². The smallest absolute Gasteiger partial charge is 0.0651 e. The van der Waals surface area contributed by atoms with Gasteiger partial charge in [-0.3, -0.25) is 0 Å². The highest BCUT2D eigenvalue weighted by Gasteiger charge is 2.31. The summed E-state index contributed by atoms with van der Waals surface area (Å²) in [6, 6.07) is 0. The van der Waals surface area contributed by atoms with Crippen LogP contribution in [0.1, 0.15) is 45.4 Å². The molecule has 0 aromatic heterocycles. The van der Waals surface area contributed by atoms with Gasteiger partial charge in [0.1, 0.15) is 0 Å². The molecule has 0 amide bonds. The predicted octanol–water partition coefficient (Wildman–Crippen LogP) is 2.35. The molecule has 13 heavy (non-hydrogen) atoms. The van der Waals surface area contributed by atoms with Crippen LogP contribution < -0.4 is 0 Å². The van der Waals surface area contributed by atoms with E-state index in [9.17, 15) is 5.11 Å². The molecule has 0 spiro atoms. The van der Waals surface area contributed by atoms with E-state index in [-0.39, 0.29) is 5.60 Å². The normalized spacial score (nSPS) is 34.8. The fourth-order valence-electron chi connectivity index (χ4n) is 2.40. The van der Waals surface area contributed by atoms with E-state index in [2.05, 4.69) is 6.92 Å². The van der Waals surface area contributed by atoms with E-state index in [0.29, 0.717) is 5.92 Å². The van der Waals surface area contributed by atoms with Gasteiger partial charge >= 0.3 is 0 Å². The molecule has 0 radical (unpaired) electrons. The monoisotopic (exact) mass is 186 g/mol. The predicted molar refractivity (Wildman–Crippen MR) is 53.7 cm³/mol. The molecular formula is C11H22O2. The van der Waals surface area contributed by atoms with Gasteiger partial charge in [-0.2, -0.15) is 0 Å². The van der Waals surface area contributed by atoms with Crippen LogP contribution in [0.2, 0.25) is 0 Å². The number of hydrogen-bond donors (Lipinski definition) is 1. The summed E-state index contributed by atoms with van der Waals surface area (Å²) in [5.74, 6) is 0.696. The third kappa shape index (κ3) is 3.65. The van der Waals surface area contributed by atoms with Crippen molar-refractivity contribution in [3.63, 3.8) is 0 Å². The van der Waals surface area contributed by atoms with Gasteiger partial charge in [0.25, 0.3) is 0 Å². The summed E-state index contributed by atoms with van der Waals surface area (Å²) >= 11 is 0. The second-order valence-electron chi connectivity index (χ2n) is 4.52. The zero-order valence-electron chi connectivity index (χ0n) is 8.88. The molecule has 0 heterocycles. The number of hydrogen-bond acceptors (Lipinski definition) is 2. The molecule has 78 valence electrons. The average molecular weight is 186 g/mol. The van der Waals surface area contributed by atoms with E-state index < -0.39 is 0 Å². The summed E-state index contributed by atoms with van der Waals surface area (Å²) in [5, 5.41) is 10.2. The molecule has 0 saturated heterocycles. The fourth-order valence-corrected chi connectivity index (χ4v) is 2.40. The van der Waals surface area contributed by atoms with Gasteiger partial charge in [0, 0.05) is 13.7 Å². The van der Waals surface area contributed by atoms with Crippen LogP contribution in [0.5, 0.6) is 0 Å². The molecule has 0 aromatic rings. The molecule has 0 aromatic carbocycles. The lowest BCUT2D eigenvalue weighted by Crippen LogP contribution is -2.34. The van der Waals surface area contributed by atoms with Crippen LogP contribution in [0.4, 0.5) is 0 Å². The van der Waals surface area contributed by atoms with Crippen LogP contribution in [0.3, 0.4) is 0 Å². The lowest BCUT2D eigenvalue weighted by atomic mass is 9.77. The highest BCUT2D eigenvalue weighted by atomic mass is 16.5. The fraction of sp³-hybridized carbons (Fsp3) is 1.00. The summed E-state index contributed by atoms with van der Waals surface area (Å²) in [7, 11) is 1.72. The Morgan fingerprint density at radius 1 is 1.54 bits per heavy atom. The molecule has 2 heteroatoms. The van der Waals surface area contributed by atoms with Gasteiger partial charge in [-0.15, -0.1) is 0 Å².